The normalized spacial score (nSPS) is 20.5. The molecule has 2 rings (SSSR count). The molecule has 0 radical (unpaired) electrons. The highest BCUT2D eigenvalue weighted by atomic mass is 16.3. The minimum atomic E-state index is 0.134. The summed E-state index contributed by atoms with van der Waals surface area (Å²) in [6.45, 7) is 0.148. The predicted octanol–water partition coefficient (Wildman–Crippen LogP) is 1.11. The van der Waals surface area contributed by atoms with E-state index >= 15 is 0 Å². The molecule has 0 fully saturated rings. The van der Waals surface area contributed by atoms with Gasteiger partial charge in [-0.15, -0.1) is 0 Å². The fourth-order valence-electron chi connectivity index (χ4n) is 1.68. The van der Waals surface area contributed by atoms with Crippen LogP contribution in [0.1, 0.15) is 12.0 Å². The molecule has 1 aliphatic rings. The Kier molecular flexibility index (Phi) is 2.10. The van der Waals surface area contributed by atoms with Crippen LogP contribution in [0.4, 0.5) is 5.69 Å². The molecule has 1 aliphatic heterocycles. The Bertz CT molecular complexity index is 312. The molecule has 70 valence electrons. The van der Waals surface area contributed by atoms with Crippen molar-refractivity contribution in [2.24, 2.45) is 0 Å². The topological polar surface area (TPSA) is 52.5 Å². The molecule has 0 saturated heterocycles. The first-order valence-electron chi connectivity index (χ1n) is 4.49. The summed E-state index contributed by atoms with van der Waals surface area (Å²) in [5.41, 5.74) is 2.16. The van der Waals surface area contributed by atoms with E-state index in [-0.39, 0.29) is 18.4 Å². The van der Waals surface area contributed by atoms with E-state index in [1.807, 2.05) is 6.07 Å². The summed E-state index contributed by atoms with van der Waals surface area (Å²) in [4.78, 5) is 0. The van der Waals surface area contributed by atoms with Crippen molar-refractivity contribution in [3.63, 3.8) is 0 Å². The number of aromatic hydroxyl groups is 1. The van der Waals surface area contributed by atoms with E-state index in [2.05, 4.69) is 5.32 Å². The van der Waals surface area contributed by atoms with Crippen LogP contribution in [0, 0.1) is 0 Å². The molecular weight excluding hydrogens is 166 g/mol. The highest BCUT2D eigenvalue weighted by molar-refractivity contribution is 5.57. The van der Waals surface area contributed by atoms with E-state index in [4.69, 9.17) is 5.11 Å². The summed E-state index contributed by atoms with van der Waals surface area (Å²) in [5.74, 6) is 0.268. The van der Waals surface area contributed by atoms with Gasteiger partial charge in [-0.25, -0.2) is 0 Å². The minimum Gasteiger partial charge on any atom is -0.508 e. The van der Waals surface area contributed by atoms with Crippen LogP contribution in [0.15, 0.2) is 18.2 Å². The predicted molar refractivity (Wildman–Crippen MR) is 50.9 cm³/mol. The maximum Gasteiger partial charge on any atom is 0.117 e. The second-order valence-corrected chi connectivity index (χ2v) is 3.40. The zero-order valence-electron chi connectivity index (χ0n) is 7.33. The van der Waals surface area contributed by atoms with Gasteiger partial charge < -0.3 is 15.5 Å². The van der Waals surface area contributed by atoms with Gasteiger partial charge in [0.1, 0.15) is 5.75 Å². The molecule has 1 unspecified atom stereocenters. The Morgan fingerprint density at radius 1 is 1.46 bits per heavy atom. The standard InChI is InChI=1S/C10H13NO2/c12-6-8-3-1-7-2-4-9(13)5-10(7)11-8/h2,4-5,8,11-13H,1,3,6H2. The number of phenols is 1. The Hall–Kier alpha value is -1.22. The van der Waals surface area contributed by atoms with Crippen LogP contribution in [0.5, 0.6) is 5.75 Å². The molecule has 3 nitrogen and oxygen atoms in total. The SMILES string of the molecule is OCC1CCc2ccc(O)cc2N1. The zero-order valence-corrected chi connectivity index (χ0v) is 7.33. The maximum absolute atomic E-state index is 9.24. The number of aliphatic hydroxyl groups excluding tert-OH is 1. The average molecular weight is 179 g/mol. The zero-order chi connectivity index (χ0) is 9.26. The van der Waals surface area contributed by atoms with Crippen molar-refractivity contribution in [1.29, 1.82) is 0 Å². The van der Waals surface area contributed by atoms with Crippen molar-refractivity contribution in [3.8, 4) is 5.75 Å². The summed E-state index contributed by atoms with van der Waals surface area (Å²) in [7, 11) is 0. The van der Waals surface area contributed by atoms with E-state index in [1.54, 1.807) is 12.1 Å². The monoisotopic (exact) mass is 179 g/mol. The number of hydrogen-bond donors (Lipinski definition) is 3. The Balaban J connectivity index is 2.27. The van der Waals surface area contributed by atoms with Crippen LogP contribution in [-0.4, -0.2) is 22.9 Å². The third-order valence-electron chi connectivity index (χ3n) is 2.44. The number of nitrogens with one attached hydrogen (secondary N) is 1. The van der Waals surface area contributed by atoms with Gasteiger partial charge in [-0.3, -0.25) is 0 Å². The molecule has 0 aromatic heterocycles. The van der Waals surface area contributed by atoms with Crippen molar-refractivity contribution in [3.05, 3.63) is 23.8 Å². The number of anilines is 1. The molecule has 0 saturated carbocycles. The van der Waals surface area contributed by atoms with Gasteiger partial charge in [-0.1, -0.05) is 6.07 Å². The molecule has 13 heavy (non-hydrogen) atoms. The third kappa shape index (κ3) is 1.60. The van der Waals surface area contributed by atoms with Crippen LogP contribution in [0.25, 0.3) is 0 Å². The van der Waals surface area contributed by atoms with Crippen molar-refractivity contribution in [2.75, 3.05) is 11.9 Å². The highest BCUT2D eigenvalue weighted by Gasteiger charge is 2.16. The first-order chi connectivity index (χ1) is 6.29. The lowest BCUT2D eigenvalue weighted by atomic mass is 9.98. The summed E-state index contributed by atoms with van der Waals surface area (Å²) in [5, 5.41) is 21.4. The van der Waals surface area contributed by atoms with Crippen molar-refractivity contribution >= 4 is 5.69 Å². The molecule has 3 N–H and O–H groups in total. The molecule has 3 heteroatoms. The summed E-state index contributed by atoms with van der Waals surface area (Å²) in [6.07, 6.45) is 1.92. The van der Waals surface area contributed by atoms with Crippen LogP contribution in [0.2, 0.25) is 0 Å². The summed E-state index contributed by atoms with van der Waals surface area (Å²) < 4.78 is 0. The second kappa shape index (κ2) is 3.26. The maximum atomic E-state index is 9.24. The molecule has 1 aromatic rings. The lowest BCUT2D eigenvalue weighted by Crippen LogP contribution is -2.28. The number of rotatable bonds is 1. The van der Waals surface area contributed by atoms with Crippen LogP contribution < -0.4 is 5.32 Å². The van der Waals surface area contributed by atoms with Gasteiger partial charge in [-0.05, 0) is 24.5 Å². The smallest absolute Gasteiger partial charge is 0.117 e. The molecular formula is C10H13NO2. The number of fused-ring (bicyclic) bond motifs is 1. The summed E-state index contributed by atoms with van der Waals surface area (Å²) >= 11 is 0. The molecule has 1 atom stereocenters. The molecule has 0 aliphatic carbocycles. The van der Waals surface area contributed by atoms with Gasteiger partial charge in [-0.2, -0.15) is 0 Å². The summed E-state index contributed by atoms with van der Waals surface area (Å²) in [6, 6.07) is 5.46. The Labute approximate surface area is 77.0 Å². The molecule has 0 spiro atoms. The lowest BCUT2D eigenvalue weighted by Gasteiger charge is -2.25. The number of aryl methyl sites for hydroxylation is 1. The van der Waals surface area contributed by atoms with Gasteiger partial charge in [0, 0.05) is 17.8 Å². The lowest BCUT2D eigenvalue weighted by molar-refractivity contribution is 0.267. The van der Waals surface area contributed by atoms with E-state index in [1.165, 1.54) is 5.56 Å². The van der Waals surface area contributed by atoms with Gasteiger partial charge in [0.2, 0.25) is 0 Å². The van der Waals surface area contributed by atoms with E-state index in [0.29, 0.717) is 0 Å². The quantitative estimate of drug-likeness (QED) is 0.605. The fraction of sp³-hybridized carbons (Fsp3) is 0.400. The van der Waals surface area contributed by atoms with Crippen molar-refractivity contribution in [1.82, 2.24) is 0 Å². The minimum absolute atomic E-state index is 0.134. The Morgan fingerprint density at radius 3 is 3.08 bits per heavy atom. The van der Waals surface area contributed by atoms with E-state index in [0.717, 1.165) is 18.5 Å². The van der Waals surface area contributed by atoms with Crippen LogP contribution in [0.3, 0.4) is 0 Å². The number of aliphatic hydroxyl groups is 1. The third-order valence-corrected chi connectivity index (χ3v) is 2.44. The van der Waals surface area contributed by atoms with Gasteiger partial charge in [0.25, 0.3) is 0 Å². The van der Waals surface area contributed by atoms with Crippen molar-refractivity contribution < 1.29 is 10.2 Å². The number of hydrogen-bond acceptors (Lipinski definition) is 3. The van der Waals surface area contributed by atoms with Gasteiger partial charge in [0.05, 0.1) is 6.61 Å². The van der Waals surface area contributed by atoms with Crippen LogP contribution in [-0.2, 0) is 6.42 Å². The molecule has 0 bridgehead atoms. The first kappa shape index (κ1) is 8.38. The molecule has 0 amide bonds. The highest BCUT2D eigenvalue weighted by Crippen LogP contribution is 2.27. The van der Waals surface area contributed by atoms with E-state index in [9.17, 15) is 5.11 Å². The Morgan fingerprint density at radius 2 is 2.31 bits per heavy atom. The number of benzene rings is 1. The van der Waals surface area contributed by atoms with Crippen LogP contribution >= 0.6 is 0 Å². The number of phenolic OH excluding ortho intramolecular Hbond substituents is 1. The molecule has 1 heterocycles. The molecule has 1 aromatic carbocycles. The largest absolute Gasteiger partial charge is 0.508 e. The second-order valence-electron chi connectivity index (χ2n) is 3.40. The van der Waals surface area contributed by atoms with E-state index < -0.39 is 0 Å². The van der Waals surface area contributed by atoms with Crippen molar-refractivity contribution in [2.45, 2.75) is 18.9 Å². The fourth-order valence-corrected chi connectivity index (χ4v) is 1.68. The van der Waals surface area contributed by atoms with Gasteiger partial charge in [0.15, 0.2) is 0 Å². The average Bonchev–Trinajstić information content (AvgIpc) is 2.16. The first-order valence-corrected chi connectivity index (χ1v) is 4.49. The van der Waals surface area contributed by atoms with Gasteiger partial charge >= 0.3 is 0 Å².